The number of nitrogens with zero attached hydrogens (tertiary/aromatic N) is 1. The van der Waals surface area contributed by atoms with Gasteiger partial charge in [-0.1, -0.05) is 73.1 Å². The van der Waals surface area contributed by atoms with Gasteiger partial charge in [-0.25, -0.2) is 9.78 Å². The van der Waals surface area contributed by atoms with E-state index < -0.39 is 35.9 Å². The first kappa shape index (κ1) is 32.1. The van der Waals surface area contributed by atoms with Gasteiger partial charge in [-0.3, -0.25) is 14.4 Å². The fraction of sp³-hybridized carbons (Fsp3) is 0.741. The summed E-state index contributed by atoms with van der Waals surface area (Å²) >= 11 is 0. The van der Waals surface area contributed by atoms with Crippen LogP contribution in [-0.4, -0.2) is 56.9 Å². The number of aliphatic carboxylic acids is 1. The number of amides is 3. The van der Waals surface area contributed by atoms with E-state index >= 15 is 0 Å². The van der Waals surface area contributed by atoms with E-state index in [-0.39, 0.29) is 24.2 Å². The van der Waals surface area contributed by atoms with Crippen LogP contribution in [0.4, 0.5) is 0 Å². The average molecular weight is 522 g/mol. The molecule has 0 saturated carbocycles. The predicted molar refractivity (Wildman–Crippen MR) is 143 cm³/mol. The maximum absolute atomic E-state index is 13.3. The standard InChI is InChI=1S/C27H47N5O5/c1-6-7-8-9-10-11-12-13-23(33)30-22(15-20-16-28-17-29-20)25(34)31-21(14-18(2)3)26(35)32-24(19(4)5)27(36)37/h16-19,21-22,24H,6-15H2,1-5H3,(H,28,29)(H,30,33)(H,31,34)(H,32,35)(H,36,37)/t21-,22-,24-/m0/s1. The van der Waals surface area contributed by atoms with Gasteiger partial charge in [-0.15, -0.1) is 0 Å². The van der Waals surface area contributed by atoms with Crippen LogP contribution in [0.5, 0.6) is 0 Å². The second-order valence-electron chi connectivity index (χ2n) is 10.5. The van der Waals surface area contributed by atoms with E-state index in [0.717, 1.165) is 19.3 Å². The summed E-state index contributed by atoms with van der Waals surface area (Å²) < 4.78 is 0. The molecule has 0 fully saturated rings. The number of carbonyl (C=O) groups excluding carboxylic acids is 3. The lowest BCUT2D eigenvalue weighted by atomic mass is 10.00. The van der Waals surface area contributed by atoms with Gasteiger partial charge in [0.2, 0.25) is 17.7 Å². The number of carboxylic acid groups (broad SMARTS) is 1. The van der Waals surface area contributed by atoms with Crippen LogP contribution in [0, 0.1) is 11.8 Å². The largest absolute Gasteiger partial charge is 0.480 e. The molecule has 10 heteroatoms. The summed E-state index contributed by atoms with van der Waals surface area (Å²) in [6.07, 6.45) is 11.5. The molecule has 0 aliphatic carbocycles. The predicted octanol–water partition coefficient (Wildman–Crippen LogP) is 3.33. The third-order valence-corrected chi connectivity index (χ3v) is 6.21. The second kappa shape index (κ2) is 17.5. The molecule has 3 amide bonds. The van der Waals surface area contributed by atoms with Crippen LogP contribution in [0.3, 0.4) is 0 Å². The number of hydrogen-bond donors (Lipinski definition) is 5. The quantitative estimate of drug-likeness (QED) is 0.176. The van der Waals surface area contributed by atoms with Crippen molar-refractivity contribution in [2.24, 2.45) is 11.8 Å². The van der Waals surface area contributed by atoms with E-state index in [9.17, 15) is 24.3 Å². The van der Waals surface area contributed by atoms with E-state index in [1.807, 2.05) is 13.8 Å². The van der Waals surface area contributed by atoms with Gasteiger partial charge in [0.1, 0.15) is 18.1 Å². The maximum Gasteiger partial charge on any atom is 0.326 e. The van der Waals surface area contributed by atoms with Crippen molar-refractivity contribution < 1.29 is 24.3 Å². The summed E-state index contributed by atoms with van der Waals surface area (Å²) in [5, 5.41) is 17.6. The summed E-state index contributed by atoms with van der Waals surface area (Å²) in [6.45, 7) is 9.41. The smallest absolute Gasteiger partial charge is 0.326 e. The van der Waals surface area contributed by atoms with Crippen molar-refractivity contribution in [3.63, 3.8) is 0 Å². The van der Waals surface area contributed by atoms with Crippen LogP contribution in [0.1, 0.15) is 98.1 Å². The van der Waals surface area contributed by atoms with E-state index in [0.29, 0.717) is 18.5 Å². The Hall–Kier alpha value is -2.91. The van der Waals surface area contributed by atoms with Crippen molar-refractivity contribution >= 4 is 23.7 Å². The summed E-state index contributed by atoms with van der Waals surface area (Å²) in [7, 11) is 0. The number of nitrogens with one attached hydrogen (secondary N) is 4. The molecule has 1 rings (SSSR count). The molecule has 10 nitrogen and oxygen atoms in total. The molecule has 1 aromatic rings. The number of hydrogen-bond acceptors (Lipinski definition) is 5. The number of rotatable bonds is 19. The van der Waals surface area contributed by atoms with Gasteiger partial charge in [-0.05, 0) is 24.7 Å². The second-order valence-corrected chi connectivity index (χ2v) is 10.5. The lowest BCUT2D eigenvalue weighted by molar-refractivity contribution is -0.143. The molecule has 0 bridgehead atoms. The third-order valence-electron chi connectivity index (χ3n) is 6.21. The number of aromatic amines is 1. The van der Waals surface area contributed by atoms with Crippen molar-refractivity contribution in [1.82, 2.24) is 25.9 Å². The van der Waals surface area contributed by atoms with Gasteiger partial charge in [0.05, 0.1) is 6.33 Å². The van der Waals surface area contributed by atoms with Gasteiger partial charge in [0, 0.05) is 24.7 Å². The number of aromatic nitrogens is 2. The van der Waals surface area contributed by atoms with Crippen LogP contribution >= 0.6 is 0 Å². The van der Waals surface area contributed by atoms with Crippen LogP contribution in [0.2, 0.25) is 0 Å². The normalized spacial score (nSPS) is 13.7. The highest BCUT2D eigenvalue weighted by molar-refractivity contribution is 5.93. The monoisotopic (exact) mass is 521 g/mol. The molecule has 0 unspecified atom stereocenters. The molecule has 0 aliphatic heterocycles. The molecule has 1 aromatic heterocycles. The Labute approximate surface area is 221 Å². The molecule has 210 valence electrons. The zero-order chi connectivity index (χ0) is 27.8. The van der Waals surface area contributed by atoms with E-state index in [1.165, 1.54) is 32.0 Å². The van der Waals surface area contributed by atoms with E-state index in [4.69, 9.17) is 0 Å². The Morgan fingerprint density at radius 3 is 2.05 bits per heavy atom. The number of carbonyl (C=O) groups is 4. The first-order chi connectivity index (χ1) is 17.5. The lowest BCUT2D eigenvalue weighted by Crippen LogP contribution is -2.57. The topological polar surface area (TPSA) is 153 Å². The van der Waals surface area contributed by atoms with Gasteiger partial charge in [0.25, 0.3) is 0 Å². The van der Waals surface area contributed by atoms with E-state index in [1.54, 1.807) is 20.0 Å². The molecular weight excluding hydrogens is 474 g/mol. The molecule has 3 atom stereocenters. The van der Waals surface area contributed by atoms with Crippen LogP contribution in [0.15, 0.2) is 12.5 Å². The highest BCUT2D eigenvalue weighted by Crippen LogP contribution is 2.11. The molecule has 0 radical (unpaired) electrons. The van der Waals surface area contributed by atoms with Crippen molar-refractivity contribution in [3.05, 3.63) is 18.2 Å². The molecule has 0 saturated heterocycles. The summed E-state index contributed by atoms with van der Waals surface area (Å²) in [5.74, 6) is -2.67. The van der Waals surface area contributed by atoms with Crippen LogP contribution < -0.4 is 16.0 Å². The Kier molecular flexibility index (Phi) is 15.2. The fourth-order valence-electron chi connectivity index (χ4n) is 4.08. The van der Waals surface area contributed by atoms with Crippen molar-refractivity contribution in [2.75, 3.05) is 0 Å². The lowest BCUT2D eigenvalue weighted by Gasteiger charge is -2.26. The number of carboxylic acids is 1. The van der Waals surface area contributed by atoms with Gasteiger partial charge < -0.3 is 26.0 Å². The Morgan fingerprint density at radius 2 is 1.51 bits per heavy atom. The first-order valence-corrected chi connectivity index (χ1v) is 13.6. The Morgan fingerprint density at radius 1 is 0.892 bits per heavy atom. The number of unbranched alkanes of at least 4 members (excludes halogenated alkanes) is 6. The molecule has 1 heterocycles. The zero-order valence-electron chi connectivity index (χ0n) is 23.1. The van der Waals surface area contributed by atoms with Crippen molar-refractivity contribution in [2.45, 2.75) is 117 Å². The maximum atomic E-state index is 13.3. The minimum atomic E-state index is -1.13. The molecular formula is C27H47N5O5. The van der Waals surface area contributed by atoms with Crippen molar-refractivity contribution in [1.29, 1.82) is 0 Å². The molecule has 5 N–H and O–H groups in total. The summed E-state index contributed by atoms with van der Waals surface area (Å²) in [6, 6.07) is -2.90. The highest BCUT2D eigenvalue weighted by Gasteiger charge is 2.31. The molecule has 0 aromatic carbocycles. The third kappa shape index (κ3) is 13.3. The molecule has 0 aliphatic rings. The first-order valence-electron chi connectivity index (χ1n) is 13.6. The minimum absolute atomic E-state index is 0.0661. The van der Waals surface area contributed by atoms with Crippen molar-refractivity contribution in [3.8, 4) is 0 Å². The van der Waals surface area contributed by atoms with E-state index in [2.05, 4.69) is 32.8 Å². The number of H-pyrrole nitrogens is 1. The SMILES string of the molecule is CCCCCCCCCC(=O)N[C@@H](Cc1cnc[nH]1)C(=O)N[C@@H](CC(C)C)C(=O)N[C@H](C(=O)O)C(C)C. The molecule has 0 spiro atoms. The Bertz CT molecular complexity index is 825. The zero-order valence-corrected chi connectivity index (χ0v) is 23.1. The highest BCUT2D eigenvalue weighted by atomic mass is 16.4. The van der Waals surface area contributed by atoms with Gasteiger partial charge in [0.15, 0.2) is 0 Å². The van der Waals surface area contributed by atoms with Gasteiger partial charge in [-0.2, -0.15) is 0 Å². The van der Waals surface area contributed by atoms with Crippen LogP contribution in [-0.2, 0) is 25.6 Å². The van der Waals surface area contributed by atoms with Crippen LogP contribution in [0.25, 0.3) is 0 Å². The van der Waals surface area contributed by atoms with Gasteiger partial charge >= 0.3 is 5.97 Å². The molecule has 37 heavy (non-hydrogen) atoms. The average Bonchev–Trinajstić information content (AvgIpc) is 3.33. The number of imidazole rings is 1. The fourth-order valence-corrected chi connectivity index (χ4v) is 4.08. The minimum Gasteiger partial charge on any atom is -0.480 e. The Balaban J connectivity index is 2.83. The summed E-state index contributed by atoms with van der Waals surface area (Å²) in [5.41, 5.74) is 0.673. The summed E-state index contributed by atoms with van der Waals surface area (Å²) in [4.78, 5) is 57.4.